The molecule has 0 saturated carbocycles. The van der Waals surface area contributed by atoms with E-state index in [9.17, 15) is 35.7 Å². The van der Waals surface area contributed by atoms with E-state index in [0.29, 0.717) is 28.0 Å². The van der Waals surface area contributed by atoms with Gasteiger partial charge in [-0.25, -0.2) is 27.3 Å². The third kappa shape index (κ3) is 8.70. The molecule has 0 radical (unpaired) electrons. The lowest BCUT2D eigenvalue weighted by Crippen LogP contribution is -2.44. The third-order valence-electron chi connectivity index (χ3n) is 7.14. The third-order valence-corrected chi connectivity index (χ3v) is 7.99. The van der Waals surface area contributed by atoms with E-state index in [1.54, 1.807) is 43.3 Å². The number of amides is 1. The van der Waals surface area contributed by atoms with Crippen LogP contribution in [0.25, 0.3) is 22.8 Å². The topological polar surface area (TPSA) is 155 Å². The molecule has 0 aliphatic rings. The Morgan fingerprint density at radius 2 is 1.63 bits per heavy atom. The molecule has 256 valence electrons. The Labute approximate surface area is 280 Å². The molecule has 12 nitrogen and oxygen atoms in total. The van der Waals surface area contributed by atoms with Gasteiger partial charge in [0.05, 0.1) is 85.3 Å². The maximum atomic E-state index is 13.7. The van der Waals surface area contributed by atoms with Crippen molar-refractivity contribution in [3.8, 4) is 28.8 Å². The number of hydrogen-bond acceptors (Lipinski definition) is 7. The van der Waals surface area contributed by atoms with Crippen LogP contribution in [0.4, 0.5) is 18.0 Å². The number of aromatic nitrogens is 4. The van der Waals surface area contributed by atoms with Crippen LogP contribution in [-0.2, 0) is 16.3 Å². The fourth-order valence-electron chi connectivity index (χ4n) is 4.75. The number of halogens is 3. The Bertz CT molecular complexity index is 2160. The van der Waals surface area contributed by atoms with Gasteiger partial charge in [-0.15, -0.1) is 0 Å². The molecule has 5 aromatic rings. The smallest absolute Gasteiger partial charge is 0.416 e. The molecule has 1 amide bonds. The van der Waals surface area contributed by atoms with Crippen molar-refractivity contribution in [3.63, 3.8) is 0 Å². The quantitative estimate of drug-likeness (QED) is 0.194. The maximum Gasteiger partial charge on any atom is 0.416 e. The van der Waals surface area contributed by atoms with Gasteiger partial charge in [0.1, 0.15) is 15.8 Å². The molecule has 0 bridgehead atoms. The summed E-state index contributed by atoms with van der Waals surface area (Å²) in [5.74, 6) is 0. The summed E-state index contributed by atoms with van der Waals surface area (Å²) in [6, 6.07) is 21.0. The number of likely N-dealkylation sites (N-methyl/N-ethyl adjacent to an activating group) is 1. The van der Waals surface area contributed by atoms with E-state index in [2.05, 4.69) is 10.4 Å². The normalized spacial score (nSPS) is 11.7. The van der Waals surface area contributed by atoms with Crippen molar-refractivity contribution in [1.29, 1.82) is 5.26 Å². The standard InChI is InChI=1S/C27H26F3N7O2.C6H6O3S/c1-18-24(23-12-13-33-36(23)21-10-8-19(17-31)9-11-21)35(25(38)32-14-15-37(2,3)4)26(39)34(18)22-7-5-6-20(16-22)27(28,29)30;7-10(8,9)6-4-2-1-3-5-6/h5-13,16H,14-15H2,1-4H3;1-5H,(H,7,8,9). The molecule has 16 heteroatoms. The Balaban J connectivity index is 0.000000463. The molecule has 0 aliphatic carbocycles. The number of hydrogen-bond donors (Lipinski definition) is 1. The van der Waals surface area contributed by atoms with Crippen molar-refractivity contribution in [1.82, 2.24) is 24.2 Å². The van der Waals surface area contributed by atoms with Crippen LogP contribution in [0.5, 0.6) is 0 Å². The number of benzene rings is 3. The number of imidazole rings is 1. The number of quaternary nitrogens is 1. The van der Waals surface area contributed by atoms with Gasteiger partial charge in [-0.3, -0.25) is 4.57 Å². The van der Waals surface area contributed by atoms with Crippen LogP contribution < -0.4 is 11.0 Å². The van der Waals surface area contributed by atoms with Crippen LogP contribution >= 0.6 is 0 Å². The van der Waals surface area contributed by atoms with Crippen molar-refractivity contribution >= 4 is 16.1 Å². The minimum absolute atomic E-state index is 0.0316. The zero-order valence-corrected chi connectivity index (χ0v) is 27.7. The highest BCUT2D eigenvalue weighted by Crippen LogP contribution is 2.32. The fraction of sp³-hybridized carbons (Fsp3) is 0.212. The summed E-state index contributed by atoms with van der Waals surface area (Å²) in [6.07, 6.45) is -3.13. The van der Waals surface area contributed by atoms with Crippen LogP contribution in [0, 0.1) is 18.3 Å². The van der Waals surface area contributed by atoms with Crippen molar-refractivity contribution in [3.05, 3.63) is 118 Å². The second-order valence-electron chi connectivity index (χ2n) is 11.7. The molecule has 0 atom stereocenters. The largest absolute Gasteiger partial charge is 0.744 e. The van der Waals surface area contributed by atoms with E-state index in [4.69, 9.17) is 5.26 Å². The average molecular weight is 696 g/mol. The molecule has 0 fully saturated rings. The molecule has 2 heterocycles. The molecule has 0 unspecified atom stereocenters. The van der Waals surface area contributed by atoms with Crippen LogP contribution in [0.1, 0.15) is 16.8 Å². The van der Waals surface area contributed by atoms with Gasteiger partial charge in [0.2, 0.25) is 0 Å². The second-order valence-corrected chi connectivity index (χ2v) is 13.1. The number of nitrogens with one attached hydrogen (secondary N) is 1. The highest BCUT2D eigenvalue weighted by atomic mass is 32.2. The van der Waals surface area contributed by atoms with Gasteiger partial charge in [-0.05, 0) is 67.6 Å². The van der Waals surface area contributed by atoms with Crippen LogP contribution in [0.2, 0.25) is 0 Å². The summed E-state index contributed by atoms with van der Waals surface area (Å²) in [4.78, 5) is 26.9. The first-order valence-electron chi connectivity index (χ1n) is 14.6. The lowest BCUT2D eigenvalue weighted by Gasteiger charge is -2.23. The van der Waals surface area contributed by atoms with E-state index in [0.717, 1.165) is 21.3 Å². The molecule has 0 saturated heterocycles. The van der Waals surface area contributed by atoms with Gasteiger partial charge in [0, 0.05) is 0 Å². The Kier molecular flexibility index (Phi) is 10.6. The predicted molar refractivity (Wildman–Crippen MR) is 173 cm³/mol. The monoisotopic (exact) mass is 695 g/mol. The summed E-state index contributed by atoms with van der Waals surface area (Å²) in [6.45, 7) is 2.39. The van der Waals surface area contributed by atoms with E-state index in [-0.39, 0.29) is 28.5 Å². The highest BCUT2D eigenvalue weighted by Gasteiger charge is 2.32. The number of carbonyl (C=O) groups excluding carboxylic acids is 1. The molecule has 3 aromatic carbocycles. The molecule has 49 heavy (non-hydrogen) atoms. The zero-order chi connectivity index (χ0) is 36.1. The molecular weight excluding hydrogens is 663 g/mol. The first-order valence-corrected chi connectivity index (χ1v) is 16.0. The Hall–Kier alpha value is -5.50. The summed E-state index contributed by atoms with van der Waals surface area (Å²) in [5, 5.41) is 16.2. The van der Waals surface area contributed by atoms with Crippen LogP contribution in [-0.4, -0.2) is 76.6 Å². The van der Waals surface area contributed by atoms with Crippen LogP contribution in [0.3, 0.4) is 0 Å². The van der Waals surface area contributed by atoms with Gasteiger partial charge in [-0.2, -0.15) is 23.5 Å². The van der Waals surface area contributed by atoms with Crippen molar-refractivity contribution in [2.75, 3.05) is 34.2 Å². The first-order chi connectivity index (χ1) is 22.9. The predicted octanol–water partition coefficient (Wildman–Crippen LogP) is 4.55. The van der Waals surface area contributed by atoms with Gasteiger partial charge in [-0.1, -0.05) is 24.3 Å². The van der Waals surface area contributed by atoms with E-state index in [1.807, 2.05) is 27.2 Å². The van der Waals surface area contributed by atoms with Crippen molar-refractivity contribution in [2.24, 2.45) is 0 Å². The molecule has 1 N–H and O–H groups in total. The number of nitriles is 1. The van der Waals surface area contributed by atoms with E-state index >= 15 is 0 Å². The van der Waals surface area contributed by atoms with E-state index < -0.39 is 33.6 Å². The summed E-state index contributed by atoms with van der Waals surface area (Å²) in [7, 11) is 1.60. The first kappa shape index (κ1) is 36.3. The number of rotatable bonds is 7. The Morgan fingerprint density at radius 3 is 2.18 bits per heavy atom. The second kappa shape index (κ2) is 14.3. The van der Waals surface area contributed by atoms with Crippen molar-refractivity contribution in [2.45, 2.75) is 18.0 Å². The van der Waals surface area contributed by atoms with Crippen LogP contribution in [0.15, 0.2) is 101 Å². The molecule has 0 spiro atoms. The molecule has 0 aliphatic heterocycles. The summed E-state index contributed by atoms with van der Waals surface area (Å²) < 4.78 is 75.3. The minimum atomic E-state index is -4.62. The van der Waals surface area contributed by atoms with Gasteiger partial charge in [0.15, 0.2) is 0 Å². The van der Waals surface area contributed by atoms with Crippen molar-refractivity contribution < 1.29 is 35.4 Å². The Morgan fingerprint density at radius 1 is 0.980 bits per heavy atom. The lowest BCUT2D eigenvalue weighted by molar-refractivity contribution is -0.869. The molecule has 5 rings (SSSR count). The zero-order valence-electron chi connectivity index (χ0n) is 26.8. The lowest BCUT2D eigenvalue weighted by atomic mass is 10.2. The fourth-order valence-corrected chi connectivity index (χ4v) is 5.24. The maximum absolute atomic E-state index is 13.7. The molecule has 2 aromatic heterocycles. The number of carbonyl (C=O) groups is 1. The summed E-state index contributed by atoms with van der Waals surface area (Å²) in [5.41, 5.74) is 0.00139. The van der Waals surface area contributed by atoms with E-state index in [1.165, 1.54) is 47.3 Å². The van der Waals surface area contributed by atoms with Gasteiger partial charge < -0.3 is 14.4 Å². The van der Waals surface area contributed by atoms with Gasteiger partial charge >= 0.3 is 17.9 Å². The number of alkyl halides is 3. The highest BCUT2D eigenvalue weighted by molar-refractivity contribution is 7.85. The average Bonchev–Trinajstić information content (AvgIpc) is 3.62. The minimum Gasteiger partial charge on any atom is -0.744 e. The number of nitrogens with zero attached hydrogens (tertiary/aromatic N) is 6. The molecular formula is C33H32F3N7O5S. The van der Waals surface area contributed by atoms with Gasteiger partial charge in [0.25, 0.3) is 0 Å². The SMILES string of the molecule is Cc1c(-c2ccnn2-c2ccc(C#N)cc2)n(C(=O)NCC[N+](C)(C)C)c(=O)n1-c1cccc(C(F)(F)F)c1.O=S(=O)([O-])c1ccccc1. The summed E-state index contributed by atoms with van der Waals surface area (Å²) >= 11 is 0.